The predicted octanol–water partition coefficient (Wildman–Crippen LogP) is 2.81. The fourth-order valence-electron chi connectivity index (χ4n) is 2.16. The summed E-state index contributed by atoms with van der Waals surface area (Å²) in [6, 6.07) is 9.31. The molecule has 4 N–H and O–H groups in total. The molecule has 0 aliphatic heterocycles. The normalized spacial score (nSPS) is 10.7. The molecular weight excluding hydrogens is 242 g/mol. The maximum atomic E-state index is 11.4. The first kappa shape index (κ1) is 11.4. The lowest BCUT2D eigenvalue weighted by Crippen LogP contribution is -2.04. The van der Waals surface area contributed by atoms with E-state index in [9.17, 15) is 9.90 Å². The summed E-state index contributed by atoms with van der Waals surface area (Å²) >= 11 is 0. The van der Waals surface area contributed by atoms with Gasteiger partial charge in [0.2, 0.25) is 0 Å². The highest BCUT2D eigenvalue weighted by Crippen LogP contribution is 2.26. The van der Waals surface area contributed by atoms with E-state index in [0.717, 1.165) is 11.1 Å². The number of H-pyrrole nitrogens is 2. The van der Waals surface area contributed by atoms with Gasteiger partial charge in [-0.2, -0.15) is 0 Å². The highest BCUT2D eigenvalue weighted by Gasteiger charge is 2.17. The smallest absolute Gasteiger partial charge is 0.340 e. The van der Waals surface area contributed by atoms with Crippen LogP contribution in [0.1, 0.15) is 15.9 Å². The summed E-state index contributed by atoms with van der Waals surface area (Å²) in [4.78, 5) is 17.5. The Hall–Kier alpha value is -2.69. The van der Waals surface area contributed by atoms with E-state index in [1.165, 1.54) is 0 Å². The van der Waals surface area contributed by atoms with Crippen LogP contribution in [0.15, 0.2) is 42.7 Å². The molecule has 0 fully saturated rings. The quantitative estimate of drug-likeness (QED) is 0.578. The number of anilines is 1. The van der Waals surface area contributed by atoms with E-state index in [1.54, 1.807) is 6.07 Å². The highest BCUT2D eigenvalue weighted by atomic mass is 16.4. The number of carboxylic acids is 1. The Labute approximate surface area is 109 Å². The van der Waals surface area contributed by atoms with Crippen LogP contribution in [-0.4, -0.2) is 21.0 Å². The topological polar surface area (TPSA) is 80.9 Å². The van der Waals surface area contributed by atoms with Crippen LogP contribution < -0.4 is 5.32 Å². The Balaban J connectivity index is 1.98. The number of aromatic nitrogens is 2. The molecule has 5 heteroatoms. The maximum Gasteiger partial charge on any atom is 0.340 e. The first-order valence-electron chi connectivity index (χ1n) is 5.95. The van der Waals surface area contributed by atoms with E-state index in [1.807, 2.05) is 36.7 Å². The molecule has 3 rings (SSSR count). The van der Waals surface area contributed by atoms with Crippen molar-refractivity contribution < 1.29 is 9.90 Å². The van der Waals surface area contributed by atoms with Crippen LogP contribution in [0.3, 0.4) is 0 Å². The van der Waals surface area contributed by atoms with Crippen molar-refractivity contribution >= 4 is 22.7 Å². The molecule has 0 spiro atoms. The summed E-state index contributed by atoms with van der Waals surface area (Å²) in [6.45, 7) is 0.566. The van der Waals surface area contributed by atoms with Gasteiger partial charge in [0.25, 0.3) is 0 Å². The number of hydrogen-bond acceptors (Lipinski definition) is 2. The van der Waals surface area contributed by atoms with Gasteiger partial charge in [-0.25, -0.2) is 4.79 Å². The molecule has 0 amide bonds. The Kier molecular flexibility index (Phi) is 2.72. The second kappa shape index (κ2) is 4.53. The number of rotatable bonds is 4. The molecule has 2 heterocycles. The standard InChI is InChI=1S/C14H13N3O2/c18-14(19)12-10-3-1-2-4-11(10)17-13(12)16-8-9-5-6-15-7-9/h1-7,15-17H,8H2,(H,18,19). The van der Waals surface area contributed by atoms with E-state index in [0.29, 0.717) is 17.7 Å². The Morgan fingerprint density at radius 2 is 2.11 bits per heavy atom. The van der Waals surface area contributed by atoms with Crippen molar-refractivity contribution in [1.82, 2.24) is 9.97 Å². The zero-order chi connectivity index (χ0) is 13.2. The van der Waals surface area contributed by atoms with Gasteiger partial charge in [-0.05, 0) is 17.7 Å². The van der Waals surface area contributed by atoms with Crippen LogP contribution in [0.5, 0.6) is 0 Å². The molecule has 0 aliphatic rings. The number of fused-ring (bicyclic) bond motifs is 1. The van der Waals surface area contributed by atoms with Crippen LogP contribution in [0, 0.1) is 0 Å². The number of nitrogens with one attached hydrogen (secondary N) is 3. The van der Waals surface area contributed by atoms with Crippen molar-refractivity contribution in [3.63, 3.8) is 0 Å². The molecule has 0 atom stereocenters. The lowest BCUT2D eigenvalue weighted by molar-refractivity contribution is 0.0700. The zero-order valence-electron chi connectivity index (χ0n) is 10.1. The van der Waals surface area contributed by atoms with Crippen LogP contribution in [0.2, 0.25) is 0 Å². The van der Waals surface area contributed by atoms with E-state index < -0.39 is 5.97 Å². The lowest BCUT2D eigenvalue weighted by atomic mass is 10.1. The molecule has 1 aromatic carbocycles. The number of carboxylic acid groups (broad SMARTS) is 1. The highest BCUT2D eigenvalue weighted by molar-refractivity contribution is 6.08. The molecule has 2 aromatic heterocycles. The monoisotopic (exact) mass is 255 g/mol. The molecule has 0 aliphatic carbocycles. The van der Waals surface area contributed by atoms with Crippen molar-refractivity contribution in [2.24, 2.45) is 0 Å². The molecule has 5 nitrogen and oxygen atoms in total. The number of benzene rings is 1. The van der Waals surface area contributed by atoms with Gasteiger partial charge in [-0.3, -0.25) is 0 Å². The minimum atomic E-state index is -0.936. The van der Waals surface area contributed by atoms with Crippen molar-refractivity contribution in [3.8, 4) is 0 Å². The van der Waals surface area contributed by atoms with Gasteiger partial charge in [-0.1, -0.05) is 18.2 Å². The third-order valence-electron chi connectivity index (χ3n) is 3.05. The van der Waals surface area contributed by atoms with Gasteiger partial charge >= 0.3 is 5.97 Å². The summed E-state index contributed by atoms with van der Waals surface area (Å²) in [7, 11) is 0. The first-order valence-corrected chi connectivity index (χ1v) is 5.95. The Morgan fingerprint density at radius 3 is 2.84 bits per heavy atom. The molecule has 0 unspecified atom stereocenters. The van der Waals surface area contributed by atoms with Crippen LogP contribution in [-0.2, 0) is 6.54 Å². The van der Waals surface area contributed by atoms with Crippen molar-refractivity contribution in [3.05, 3.63) is 53.9 Å². The number of aromatic amines is 2. The minimum absolute atomic E-state index is 0.283. The molecule has 19 heavy (non-hydrogen) atoms. The summed E-state index contributed by atoms with van der Waals surface area (Å²) in [5, 5.41) is 13.2. The first-order chi connectivity index (χ1) is 9.25. The van der Waals surface area contributed by atoms with Gasteiger partial charge in [0.1, 0.15) is 11.4 Å². The van der Waals surface area contributed by atoms with Crippen LogP contribution >= 0.6 is 0 Å². The minimum Gasteiger partial charge on any atom is -0.478 e. The maximum absolute atomic E-state index is 11.4. The Bertz CT molecular complexity index is 713. The van der Waals surface area contributed by atoms with Gasteiger partial charge in [0.15, 0.2) is 0 Å². The average molecular weight is 255 g/mol. The number of hydrogen-bond donors (Lipinski definition) is 4. The molecule has 0 radical (unpaired) electrons. The van der Waals surface area contributed by atoms with Gasteiger partial charge in [-0.15, -0.1) is 0 Å². The Morgan fingerprint density at radius 1 is 1.26 bits per heavy atom. The summed E-state index contributed by atoms with van der Waals surface area (Å²) in [5.41, 5.74) is 2.16. The van der Waals surface area contributed by atoms with Gasteiger partial charge < -0.3 is 20.4 Å². The fraction of sp³-hybridized carbons (Fsp3) is 0.0714. The number of para-hydroxylation sites is 1. The molecule has 96 valence electrons. The van der Waals surface area contributed by atoms with Crippen molar-refractivity contribution in [1.29, 1.82) is 0 Å². The molecular formula is C14H13N3O2. The third kappa shape index (κ3) is 2.06. The van der Waals surface area contributed by atoms with E-state index in [-0.39, 0.29) is 5.56 Å². The molecule has 3 aromatic rings. The third-order valence-corrected chi connectivity index (χ3v) is 3.05. The SMILES string of the molecule is O=C(O)c1c(NCc2cc[nH]c2)[nH]c2ccccc12. The summed E-state index contributed by atoms with van der Waals surface area (Å²) < 4.78 is 0. The lowest BCUT2D eigenvalue weighted by Gasteiger charge is -2.03. The molecule has 0 saturated heterocycles. The molecule has 0 saturated carbocycles. The van der Waals surface area contributed by atoms with E-state index >= 15 is 0 Å². The van der Waals surface area contributed by atoms with Gasteiger partial charge in [0, 0.05) is 29.8 Å². The number of carbonyl (C=O) groups is 1. The zero-order valence-corrected chi connectivity index (χ0v) is 10.1. The van der Waals surface area contributed by atoms with Crippen molar-refractivity contribution in [2.75, 3.05) is 5.32 Å². The van der Waals surface area contributed by atoms with Crippen LogP contribution in [0.25, 0.3) is 10.9 Å². The van der Waals surface area contributed by atoms with E-state index in [4.69, 9.17) is 0 Å². The van der Waals surface area contributed by atoms with Crippen molar-refractivity contribution in [2.45, 2.75) is 6.54 Å². The second-order valence-corrected chi connectivity index (χ2v) is 4.30. The van der Waals surface area contributed by atoms with Crippen LogP contribution in [0.4, 0.5) is 5.82 Å². The fourth-order valence-corrected chi connectivity index (χ4v) is 2.16. The number of aromatic carboxylic acids is 1. The summed E-state index contributed by atoms with van der Waals surface area (Å²) in [6.07, 6.45) is 3.70. The summed E-state index contributed by atoms with van der Waals surface area (Å²) in [5.74, 6) is -0.399. The second-order valence-electron chi connectivity index (χ2n) is 4.30. The largest absolute Gasteiger partial charge is 0.478 e. The van der Waals surface area contributed by atoms with Gasteiger partial charge in [0.05, 0.1) is 0 Å². The average Bonchev–Trinajstić information content (AvgIpc) is 3.03. The molecule has 0 bridgehead atoms. The predicted molar refractivity (Wildman–Crippen MR) is 73.4 cm³/mol. The van der Waals surface area contributed by atoms with E-state index in [2.05, 4.69) is 15.3 Å².